The van der Waals surface area contributed by atoms with Crippen molar-refractivity contribution in [3.05, 3.63) is 16.6 Å². The highest BCUT2D eigenvalue weighted by Gasteiger charge is 2.31. The minimum atomic E-state index is 0.458. The molecule has 2 heterocycles. The molecule has 4 heteroatoms. The smallest absolute Gasteiger partial charge is 0.0794 e. The van der Waals surface area contributed by atoms with Crippen LogP contribution in [0.2, 0.25) is 0 Å². The van der Waals surface area contributed by atoms with Crippen molar-refractivity contribution in [1.29, 1.82) is 0 Å². The number of rotatable bonds is 4. The summed E-state index contributed by atoms with van der Waals surface area (Å²) < 4.78 is 0. The topological polar surface area (TPSA) is 28.2 Å². The molecule has 0 aromatic carbocycles. The number of likely N-dealkylation sites (tertiary alicyclic amines) is 1. The van der Waals surface area contributed by atoms with E-state index in [9.17, 15) is 0 Å². The molecular formula is C13H21N3S. The van der Waals surface area contributed by atoms with Gasteiger partial charge in [-0.2, -0.15) is 0 Å². The van der Waals surface area contributed by atoms with Gasteiger partial charge in [-0.05, 0) is 45.7 Å². The first-order valence-corrected chi connectivity index (χ1v) is 7.59. The van der Waals surface area contributed by atoms with Crippen LogP contribution in [0.5, 0.6) is 0 Å². The molecule has 2 fully saturated rings. The number of thiazole rings is 1. The van der Waals surface area contributed by atoms with Crippen molar-refractivity contribution in [1.82, 2.24) is 15.2 Å². The molecule has 0 bridgehead atoms. The Hall–Kier alpha value is -0.450. The summed E-state index contributed by atoms with van der Waals surface area (Å²) >= 11 is 1.75. The predicted octanol–water partition coefficient (Wildman–Crippen LogP) is 2.42. The summed E-state index contributed by atoms with van der Waals surface area (Å²) in [5, 5.41) is 3.74. The highest BCUT2D eigenvalue weighted by molar-refractivity contribution is 7.09. The van der Waals surface area contributed by atoms with Gasteiger partial charge in [-0.1, -0.05) is 0 Å². The van der Waals surface area contributed by atoms with Crippen molar-refractivity contribution in [2.75, 3.05) is 13.1 Å². The van der Waals surface area contributed by atoms with Gasteiger partial charge in [0.1, 0.15) is 0 Å². The molecule has 0 amide bonds. The summed E-state index contributed by atoms with van der Waals surface area (Å²) in [6, 6.07) is 2.09. The maximum Gasteiger partial charge on any atom is 0.0794 e. The Morgan fingerprint density at radius 1 is 1.35 bits per heavy atom. The van der Waals surface area contributed by atoms with Crippen molar-refractivity contribution in [2.45, 2.75) is 50.7 Å². The zero-order valence-corrected chi connectivity index (χ0v) is 11.2. The summed E-state index contributed by atoms with van der Waals surface area (Å²) in [7, 11) is 0. The largest absolute Gasteiger partial charge is 0.307 e. The van der Waals surface area contributed by atoms with Crippen molar-refractivity contribution in [3.63, 3.8) is 0 Å². The zero-order valence-electron chi connectivity index (χ0n) is 10.4. The zero-order chi connectivity index (χ0) is 11.7. The lowest BCUT2D eigenvalue weighted by Gasteiger charge is -2.33. The number of aromatic nitrogens is 1. The van der Waals surface area contributed by atoms with Gasteiger partial charge in [-0.25, -0.2) is 0 Å². The van der Waals surface area contributed by atoms with E-state index >= 15 is 0 Å². The van der Waals surface area contributed by atoms with Crippen LogP contribution in [0.25, 0.3) is 0 Å². The Morgan fingerprint density at radius 2 is 2.12 bits per heavy atom. The Bertz CT molecular complexity index is 340. The lowest BCUT2D eigenvalue weighted by atomic mass is 10.0. The van der Waals surface area contributed by atoms with Gasteiger partial charge in [0, 0.05) is 29.2 Å². The van der Waals surface area contributed by atoms with Gasteiger partial charge in [-0.15, -0.1) is 11.3 Å². The van der Waals surface area contributed by atoms with Crippen molar-refractivity contribution in [3.8, 4) is 0 Å². The van der Waals surface area contributed by atoms with Crippen LogP contribution in [0, 0.1) is 0 Å². The molecule has 1 atom stereocenters. The molecule has 1 saturated carbocycles. The molecule has 1 saturated heterocycles. The normalized spacial score (nSPS) is 25.0. The number of hydrogen-bond acceptors (Lipinski definition) is 4. The standard InChI is InChI=1S/C13H21N3S/c1-10(13-8-14-9-17-13)15-11-4-6-16(7-5-11)12-2-3-12/h8-12,15H,2-7H2,1H3. The van der Waals surface area contributed by atoms with E-state index in [2.05, 4.69) is 22.1 Å². The van der Waals surface area contributed by atoms with E-state index in [1.54, 1.807) is 11.3 Å². The molecule has 1 aromatic heterocycles. The summed E-state index contributed by atoms with van der Waals surface area (Å²) in [4.78, 5) is 8.18. The molecule has 1 unspecified atom stereocenters. The fourth-order valence-electron chi connectivity index (χ4n) is 2.75. The first-order valence-electron chi connectivity index (χ1n) is 6.71. The van der Waals surface area contributed by atoms with Crippen LogP contribution in [0.4, 0.5) is 0 Å². The molecule has 3 nitrogen and oxygen atoms in total. The molecule has 2 aliphatic rings. The average Bonchev–Trinajstić information content (AvgIpc) is 3.05. The average molecular weight is 251 g/mol. The van der Waals surface area contributed by atoms with Crippen LogP contribution in [0.15, 0.2) is 11.7 Å². The van der Waals surface area contributed by atoms with E-state index in [0.717, 1.165) is 6.04 Å². The minimum Gasteiger partial charge on any atom is -0.307 e. The Labute approximate surface area is 107 Å². The SMILES string of the molecule is CC(NC1CCN(C2CC2)CC1)c1cncs1. The minimum absolute atomic E-state index is 0.458. The van der Waals surface area contributed by atoms with Crippen molar-refractivity contribution >= 4 is 11.3 Å². The predicted molar refractivity (Wildman–Crippen MR) is 71.3 cm³/mol. The van der Waals surface area contributed by atoms with Gasteiger partial charge < -0.3 is 10.2 Å². The van der Waals surface area contributed by atoms with Crippen LogP contribution in [-0.4, -0.2) is 35.1 Å². The van der Waals surface area contributed by atoms with E-state index in [-0.39, 0.29) is 0 Å². The Morgan fingerprint density at radius 3 is 2.71 bits per heavy atom. The second kappa shape index (κ2) is 5.04. The summed E-state index contributed by atoms with van der Waals surface area (Å²) in [6.07, 6.45) is 7.48. The van der Waals surface area contributed by atoms with Crippen LogP contribution >= 0.6 is 11.3 Å². The molecule has 1 aliphatic carbocycles. The number of hydrogen-bond donors (Lipinski definition) is 1. The molecule has 1 N–H and O–H groups in total. The first-order chi connectivity index (χ1) is 8.33. The van der Waals surface area contributed by atoms with Crippen LogP contribution in [-0.2, 0) is 0 Å². The first kappa shape index (κ1) is 11.6. The molecule has 0 spiro atoms. The van der Waals surface area contributed by atoms with Gasteiger partial charge in [0.05, 0.1) is 5.51 Å². The van der Waals surface area contributed by atoms with Crippen molar-refractivity contribution in [2.24, 2.45) is 0 Å². The number of nitrogens with one attached hydrogen (secondary N) is 1. The quantitative estimate of drug-likeness (QED) is 0.891. The Balaban J connectivity index is 1.46. The molecule has 1 aliphatic heterocycles. The van der Waals surface area contributed by atoms with E-state index in [1.165, 1.54) is 43.6 Å². The van der Waals surface area contributed by atoms with Crippen LogP contribution in [0.3, 0.4) is 0 Å². The third kappa shape index (κ3) is 2.87. The third-order valence-electron chi connectivity index (χ3n) is 3.96. The summed E-state index contributed by atoms with van der Waals surface area (Å²) in [6.45, 7) is 4.83. The van der Waals surface area contributed by atoms with Gasteiger partial charge in [0.25, 0.3) is 0 Å². The van der Waals surface area contributed by atoms with E-state index in [0.29, 0.717) is 12.1 Å². The van der Waals surface area contributed by atoms with Crippen LogP contribution < -0.4 is 5.32 Å². The number of piperidine rings is 1. The Kier molecular flexibility index (Phi) is 3.45. The molecule has 1 aromatic rings. The molecule has 3 rings (SSSR count). The maximum absolute atomic E-state index is 4.15. The van der Waals surface area contributed by atoms with E-state index in [1.807, 2.05) is 11.7 Å². The maximum atomic E-state index is 4.15. The monoisotopic (exact) mass is 251 g/mol. The lowest BCUT2D eigenvalue weighted by Crippen LogP contribution is -2.43. The van der Waals surface area contributed by atoms with E-state index < -0.39 is 0 Å². The lowest BCUT2D eigenvalue weighted by molar-refractivity contribution is 0.184. The second-order valence-electron chi connectivity index (χ2n) is 5.33. The fraction of sp³-hybridized carbons (Fsp3) is 0.769. The van der Waals surface area contributed by atoms with Gasteiger partial charge in [-0.3, -0.25) is 4.98 Å². The highest BCUT2D eigenvalue weighted by atomic mass is 32.1. The molecule has 94 valence electrons. The molecule has 17 heavy (non-hydrogen) atoms. The third-order valence-corrected chi connectivity index (χ3v) is 4.91. The molecular weight excluding hydrogens is 230 g/mol. The highest BCUT2D eigenvalue weighted by Crippen LogP contribution is 2.29. The summed E-state index contributed by atoms with van der Waals surface area (Å²) in [5.74, 6) is 0. The van der Waals surface area contributed by atoms with E-state index in [4.69, 9.17) is 0 Å². The van der Waals surface area contributed by atoms with Crippen molar-refractivity contribution < 1.29 is 0 Å². The fourth-order valence-corrected chi connectivity index (χ4v) is 3.38. The summed E-state index contributed by atoms with van der Waals surface area (Å²) in [5.41, 5.74) is 1.92. The molecule has 0 radical (unpaired) electrons. The second-order valence-corrected chi connectivity index (χ2v) is 6.25. The van der Waals surface area contributed by atoms with Gasteiger partial charge in [0.15, 0.2) is 0 Å². The number of nitrogens with zero attached hydrogens (tertiary/aromatic N) is 2. The van der Waals surface area contributed by atoms with Gasteiger partial charge >= 0.3 is 0 Å². The van der Waals surface area contributed by atoms with Crippen LogP contribution in [0.1, 0.15) is 43.5 Å². The van der Waals surface area contributed by atoms with Gasteiger partial charge in [0.2, 0.25) is 0 Å².